The number of hydrogen-bond donors (Lipinski definition) is 2. The summed E-state index contributed by atoms with van der Waals surface area (Å²) in [5, 5.41) is 11.4. The molecular formula is C22H34IN5O2. The van der Waals surface area contributed by atoms with Crippen LogP contribution >= 0.6 is 24.0 Å². The lowest BCUT2D eigenvalue weighted by molar-refractivity contribution is 0.0168. The van der Waals surface area contributed by atoms with Gasteiger partial charge in [0.15, 0.2) is 5.96 Å². The van der Waals surface area contributed by atoms with E-state index in [0.29, 0.717) is 19.3 Å². The van der Waals surface area contributed by atoms with Crippen molar-refractivity contribution in [1.82, 2.24) is 20.4 Å². The molecule has 0 saturated carbocycles. The molecule has 3 rings (SSSR count). The largest absolute Gasteiger partial charge is 0.379 e. The lowest BCUT2D eigenvalue weighted by Crippen LogP contribution is -2.37. The average Bonchev–Trinajstić information content (AvgIpc) is 3.36. The molecule has 1 atom stereocenters. The Morgan fingerprint density at radius 3 is 2.77 bits per heavy atom. The highest BCUT2D eigenvalue weighted by Gasteiger charge is 2.15. The van der Waals surface area contributed by atoms with E-state index in [0.717, 1.165) is 62.1 Å². The summed E-state index contributed by atoms with van der Waals surface area (Å²) in [6, 6.07) is 10.2. The van der Waals surface area contributed by atoms with Crippen molar-refractivity contribution < 1.29 is 9.47 Å². The van der Waals surface area contributed by atoms with Crippen molar-refractivity contribution in [2.75, 3.05) is 33.4 Å². The fraction of sp³-hybridized carbons (Fsp3) is 0.545. The van der Waals surface area contributed by atoms with Crippen molar-refractivity contribution in [3.63, 3.8) is 0 Å². The van der Waals surface area contributed by atoms with Gasteiger partial charge in [0.05, 0.1) is 24.1 Å². The van der Waals surface area contributed by atoms with E-state index < -0.39 is 0 Å². The SMILES string of the molecule is CN=C(NCCCOCC1CCCO1)NCc1c(C)nn(-c2ccccc2)c1C.I. The number of aryl methyl sites for hydroxylation is 1. The number of guanidine groups is 1. The van der Waals surface area contributed by atoms with Gasteiger partial charge in [-0.05, 0) is 45.2 Å². The number of benzene rings is 1. The summed E-state index contributed by atoms with van der Waals surface area (Å²) >= 11 is 0. The Morgan fingerprint density at radius 2 is 2.07 bits per heavy atom. The molecule has 166 valence electrons. The van der Waals surface area contributed by atoms with Crippen molar-refractivity contribution in [3.05, 3.63) is 47.3 Å². The number of ether oxygens (including phenoxy) is 2. The molecule has 1 unspecified atom stereocenters. The molecule has 0 spiro atoms. The molecule has 2 N–H and O–H groups in total. The summed E-state index contributed by atoms with van der Waals surface area (Å²) in [5.74, 6) is 0.787. The predicted octanol–water partition coefficient (Wildman–Crippen LogP) is 3.36. The van der Waals surface area contributed by atoms with Gasteiger partial charge in [-0.25, -0.2) is 4.68 Å². The second kappa shape index (κ2) is 12.9. The molecule has 1 saturated heterocycles. The van der Waals surface area contributed by atoms with Gasteiger partial charge in [0, 0.05) is 44.6 Å². The van der Waals surface area contributed by atoms with Gasteiger partial charge < -0.3 is 20.1 Å². The summed E-state index contributed by atoms with van der Waals surface area (Å²) in [6.07, 6.45) is 3.49. The summed E-state index contributed by atoms with van der Waals surface area (Å²) in [7, 11) is 1.79. The predicted molar refractivity (Wildman–Crippen MR) is 131 cm³/mol. The van der Waals surface area contributed by atoms with Crippen LogP contribution in [0.2, 0.25) is 0 Å². The lowest BCUT2D eigenvalue weighted by atomic mass is 10.2. The third-order valence-corrected chi connectivity index (χ3v) is 5.18. The molecule has 1 aliphatic heterocycles. The highest BCUT2D eigenvalue weighted by Crippen LogP contribution is 2.17. The van der Waals surface area contributed by atoms with E-state index in [4.69, 9.17) is 14.6 Å². The number of aromatic nitrogens is 2. The minimum absolute atomic E-state index is 0. The highest BCUT2D eigenvalue weighted by atomic mass is 127. The van der Waals surface area contributed by atoms with E-state index in [2.05, 4.69) is 34.7 Å². The number of nitrogens with one attached hydrogen (secondary N) is 2. The lowest BCUT2D eigenvalue weighted by Gasteiger charge is -2.13. The van der Waals surface area contributed by atoms with E-state index in [1.54, 1.807) is 7.05 Å². The van der Waals surface area contributed by atoms with Crippen LogP contribution in [-0.4, -0.2) is 55.3 Å². The zero-order valence-corrected chi connectivity index (χ0v) is 20.5. The van der Waals surface area contributed by atoms with Crippen molar-refractivity contribution >= 4 is 29.9 Å². The van der Waals surface area contributed by atoms with E-state index in [1.807, 2.05) is 29.8 Å². The number of nitrogens with zero attached hydrogens (tertiary/aromatic N) is 3. The summed E-state index contributed by atoms with van der Waals surface area (Å²) in [5.41, 5.74) is 4.43. The highest BCUT2D eigenvalue weighted by molar-refractivity contribution is 14.0. The maximum absolute atomic E-state index is 5.70. The second-order valence-electron chi connectivity index (χ2n) is 7.31. The zero-order valence-electron chi connectivity index (χ0n) is 18.2. The van der Waals surface area contributed by atoms with E-state index in [1.165, 1.54) is 5.56 Å². The van der Waals surface area contributed by atoms with Gasteiger partial charge in [0.2, 0.25) is 0 Å². The molecule has 1 fully saturated rings. The molecule has 0 bridgehead atoms. The van der Waals surface area contributed by atoms with Crippen LogP contribution in [0.5, 0.6) is 0 Å². The Hall–Kier alpha value is -1.65. The molecule has 2 heterocycles. The number of para-hydroxylation sites is 1. The Bertz CT molecular complexity index is 788. The van der Waals surface area contributed by atoms with Crippen LogP contribution in [0.1, 0.15) is 36.2 Å². The van der Waals surface area contributed by atoms with Crippen LogP contribution in [0.25, 0.3) is 5.69 Å². The first kappa shape index (κ1) is 24.6. The summed E-state index contributed by atoms with van der Waals surface area (Å²) in [6.45, 7) is 7.95. The molecule has 1 aliphatic rings. The molecule has 0 aliphatic carbocycles. The van der Waals surface area contributed by atoms with Crippen molar-refractivity contribution in [3.8, 4) is 5.69 Å². The minimum atomic E-state index is 0. The van der Waals surface area contributed by atoms with Crippen LogP contribution in [0.3, 0.4) is 0 Å². The fourth-order valence-corrected chi connectivity index (χ4v) is 3.52. The number of hydrogen-bond acceptors (Lipinski definition) is 4. The molecular weight excluding hydrogens is 493 g/mol. The van der Waals surface area contributed by atoms with Crippen LogP contribution in [0.15, 0.2) is 35.3 Å². The maximum atomic E-state index is 5.70. The summed E-state index contributed by atoms with van der Waals surface area (Å²) in [4.78, 5) is 4.31. The first-order valence-corrected chi connectivity index (χ1v) is 10.4. The quantitative estimate of drug-likeness (QED) is 0.227. The van der Waals surface area contributed by atoms with Crippen molar-refractivity contribution in [1.29, 1.82) is 0 Å². The first-order chi connectivity index (χ1) is 14.2. The molecule has 7 nitrogen and oxygen atoms in total. The Balaban J connectivity index is 0.00000320. The van der Waals surface area contributed by atoms with Gasteiger partial charge >= 0.3 is 0 Å². The topological polar surface area (TPSA) is 72.7 Å². The van der Waals surface area contributed by atoms with Gasteiger partial charge in [0.1, 0.15) is 0 Å². The number of halogens is 1. The van der Waals surface area contributed by atoms with Crippen molar-refractivity contribution in [2.45, 2.75) is 45.8 Å². The Labute approximate surface area is 196 Å². The molecule has 0 amide bonds. The van der Waals surface area contributed by atoms with E-state index >= 15 is 0 Å². The van der Waals surface area contributed by atoms with Crippen molar-refractivity contribution in [2.24, 2.45) is 4.99 Å². The van der Waals surface area contributed by atoms with Crippen LogP contribution in [-0.2, 0) is 16.0 Å². The zero-order chi connectivity index (χ0) is 20.5. The molecule has 1 aromatic carbocycles. The molecule has 1 aromatic heterocycles. The van der Waals surface area contributed by atoms with Crippen LogP contribution in [0, 0.1) is 13.8 Å². The van der Waals surface area contributed by atoms with Gasteiger partial charge in [-0.2, -0.15) is 5.10 Å². The van der Waals surface area contributed by atoms with Gasteiger partial charge in [-0.1, -0.05) is 18.2 Å². The van der Waals surface area contributed by atoms with Crippen LogP contribution < -0.4 is 10.6 Å². The molecule has 30 heavy (non-hydrogen) atoms. The van der Waals surface area contributed by atoms with E-state index in [9.17, 15) is 0 Å². The monoisotopic (exact) mass is 527 g/mol. The standard InChI is InChI=1S/C22H33N5O2.HI/c1-17-21(18(2)27(26-17)19-9-5-4-6-10-19)15-25-22(23-3)24-12-8-13-28-16-20-11-7-14-29-20;/h4-6,9-10,20H,7-8,11-16H2,1-3H3,(H2,23,24,25);1H. The fourth-order valence-electron chi connectivity index (χ4n) is 3.52. The first-order valence-electron chi connectivity index (χ1n) is 10.4. The molecule has 8 heteroatoms. The van der Waals surface area contributed by atoms with E-state index in [-0.39, 0.29) is 24.0 Å². The van der Waals surface area contributed by atoms with Gasteiger partial charge in [-0.3, -0.25) is 4.99 Å². The maximum Gasteiger partial charge on any atom is 0.191 e. The average molecular weight is 527 g/mol. The van der Waals surface area contributed by atoms with Gasteiger partial charge in [-0.15, -0.1) is 24.0 Å². The second-order valence-corrected chi connectivity index (χ2v) is 7.31. The third kappa shape index (κ3) is 6.95. The normalized spacial score (nSPS) is 16.4. The minimum Gasteiger partial charge on any atom is -0.379 e. The smallest absolute Gasteiger partial charge is 0.191 e. The third-order valence-electron chi connectivity index (χ3n) is 5.18. The Morgan fingerprint density at radius 1 is 1.27 bits per heavy atom. The molecule has 2 aromatic rings. The van der Waals surface area contributed by atoms with Crippen LogP contribution in [0.4, 0.5) is 0 Å². The number of aliphatic imine (C=N–C) groups is 1. The Kier molecular flexibility index (Phi) is 10.6. The molecule has 0 radical (unpaired) electrons. The number of rotatable bonds is 9. The van der Waals surface area contributed by atoms with Gasteiger partial charge in [0.25, 0.3) is 0 Å². The summed E-state index contributed by atoms with van der Waals surface area (Å²) < 4.78 is 13.3.